The molecule has 0 spiro atoms. The van der Waals surface area contributed by atoms with E-state index in [1.807, 2.05) is 32.0 Å². The second-order valence-electron chi connectivity index (χ2n) is 5.55. The highest BCUT2D eigenvalue weighted by atomic mass is 35.5. The maximum Gasteiger partial charge on any atom is 0.283 e. The summed E-state index contributed by atoms with van der Waals surface area (Å²) in [5, 5.41) is 3.39. The van der Waals surface area contributed by atoms with Crippen LogP contribution >= 0.6 is 23.2 Å². The molecule has 6 heteroatoms. The van der Waals surface area contributed by atoms with Crippen molar-refractivity contribution in [2.45, 2.75) is 13.8 Å². The lowest BCUT2D eigenvalue weighted by molar-refractivity contribution is -0.120. The van der Waals surface area contributed by atoms with Crippen LogP contribution in [-0.2, 0) is 9.59 Å². The molecule has 2 amide bonds. The Morgan fingerprint density at radius 3 is 2.25 bits per heavy atom. The minimum atomic E-state index is -0.559. The SMILES string of the molecule is Cc1ccc(C)c(NC2=C(Cl)C(=O)N(c3ccc(Cl)cc3)C2=O)c1. The summed E-state index contributed by atoms with van der Waals surface area (Å²) in [7, 11) is 0. The van der Waals surface area contributed by atoms with Crippen molar-refractivity contribution < 1.29 is 9.59 Å². The molecule has 0 atom stereocenters. The van der Waals surface area contributed by atoms with Gasteiger partial charge in [0.25, 0.3) is 11.8 Å². The number of nitrogens with zero attached hydrogens (tertiary/aromatic N) is 1. The highest BCUT2D eigenvalue weighted by Gasteiger charge is 2.39. The Bertz CT molecular complexity index is 873. The molecule has 1 aliphatic rings. The van der Waals surface area contributed by atoms with Gasteiger partial charge in [-0.25, -0.2) is 4.90 Å². The smallest absolute Gasteiger partial charge is 0.283 e. The van der Waals surface area contributed by atoms with E-state index in [1.54, 1.807) is 24.3 Å². The van der Waals surface area contributed by atoms with E-state index in [0.29, 0.717) is 10.7 Å². The third-order valence-electron chi connectivity index (χ3n) is 3.76. The van der Waals surface area contributed by atoms with Gasteiger partial charge in [-0.15, -0.1) is 0 Å². The molecule has 2 aromatic rings. The molecule has 122 valence electrons. The fourth-order valence-corrected chi connectivity index (χ4v) is 2.78. The molecule has 4 nitrogen and oxygen atoms in total. The van der Waals surface area contributed by atoms with Crippen molar-refractivity contribution in [3.8, 4) is 0 Å². The van der Waals surface area contributed by atoms with Crippen molar-refractivity contribution in [3.63, 3.8) is 0 Å². The van der Waals surface area contributed by atoms with Gasteiger partial charge in [0.1, 0.15) is 10.7 Å². The molecule has 0 unspecified atom stereocenters. The molecular formula is C18H14Cl2N2O2. The Labute approximate surface area is 149 Å². The lowest BCUT2D eigenvalue weighted by atomic mass is 10.1. The van der Waals surface area contributed by atoms with E-state index in [1.165, 1.54) is 0 Å². The number of amides is 2. The Kier molecular flexibility index (Phi) is 4.35. The van der Waals surface area contributed by atoms with Crippen LogP contribution in [0.2, 0.25) is 5.02 Å². The molecule has 0 aliphatic carbocycles. The molecule has 0 radical (unpaired) electrons. The Morgan fingerprint density at radius 2 is 1.58 bits per heavy atom. The first-order valence-corrected chi connectivity index (χ1v) is 8.02. The molecule has 0 bridgehead atoms. The molecule has 0 aromatic heterocycles. The van der Waals surface area contributed by atoms with Crippen LogP contribution in [-0.4, -0.2) is 11.8 Å². The summed E-state index contributed by atoms with van der Waals surface area (Å²) in [5.74, 6) is -1.05. The monoisotopic (exact) mass is 360 g/mol. The molecule has 1 N–H and O–H groups in total. The van der Waals surface area contributed by atoms with Gasteiger partial charge in [0.2, 0.25) is 0 Å². The van der Waals surface area contributed by atoms with E-state index >= 15 is 0 Å². The number of carbonyl (C=O) groups is 2. The summed E-state index contributed by atoms with van der Waals surface area (Å²) in [5.41, 5.74) is 3.21. The summed E-state index contributed by atoms with van der Waals surface area (Å²) >= 11 is 12.0. The van der Waals surface area contributed by atoms with Gasteiger partial charge in [-0.1, -0.05) is 35.3 Å². The van der Waals surface area contributed by atoms with Gasteiger partial charge in [-0.05, 0) is 55.3 Å². The highest BCUT2D eigenvalue weighted by Crippen LogP contribution is 2.31. The van der Waals surface area contributed by atoms with E-state index in [4.69, 9.17) is 23.2 Å². The fraction of sp³-hybridized carbons (Fsp3) is 0.111. The zero-order valence-electron chi connectivity index (χ0n) is 13.1. The molecule has 0 saturated heterocycles. The van der Waals surface area contributed by atoms with Crippen molar-refractivity contribution in [3.05, 3.63) is 69.3 Å². The number of imide groups is 1. The predicted molar refractivity (Wildman–Crippen MR) is 96.4 cm³/mol. The van der Waals surface area contributed by atoms with Crippen molar-refractivity contribution >= 4 is 46.4 Å². The van der Waals surface area contributed by atoms with Crippen molar-refractivity contribution in [2.75, 3.05) is 10.2 Å². The van der Waals surface area contributed by atoms with Crippen LogP contribution in [0.15, 0.2) is 53.2 Å². The molecule has 1 heterocycles. The lowest BCUT2D eigenvalue weighted by Gasteiger charge is -2.15. The van der Waals surface area contributed by atoms with Crippen LogP contribution < -0.4 is 10.2 Å². The van der Waals surface area contributed by atoms with Crippen molar-refractivity contribution in [1.82, 2.24) is 0 Å². The maximum atomic E-state index is 12.7. The van der Waals surface area contributed by atoms with Gasteiger partial charge >= 0.3 is 0 Å². The minimum Gasteiger partial charge on any atom is -0.349 e. The molecule has 1 aliphatic heterocycles. The Hall–Kier alpha value is -2.30. The summed E-state index contributed by atoms with van der Waals surface area (Å²) < 4.78 is 0. The predicted octanol–water partition coefficient (Wildman–Crippen LogP) is 4.39. The quantitative estimate of drug-likeness (QED) is 0.825. The number of anilines is 2. The number of hydrogen-bond donors (Lipinski definition) is 1. The average molecular weight is 361 g/mol. The third kappa shape index (κ3) is 2.90. The van der Waals surface area contributed by atoms with Crippen LogP contribution in [0, 0.1) is 13.8 Å². The zero-order chi connectivity index (χ0) is 17.4. The van der Waals surface area contributed by atoms with Crippen molar-refractivity contribution in [1.29, 1.82) is 0 Å². The molecule has 24 heavy (non-hydrogen) atoms. The van der Waals surface area contributed by atoms with Crippen LogP contribution in [0.1, 0.15) is 11.1 Å². The first-order valence-electron chi connectivity index (χ1n) is 7.27. The van der Waals surface area contributed by atoms with Crippen LogP contribution in [0.4, 0.5) is 11.4 Å². The van der Waals surface area contributed by atoms with E-state index in [2.05, 4.69) is 5.32 Å². The minimum absolute atomic E-state index is 0.0744. The molecule has 2 aromatic carbocycles. The van der Waals surface area contributed by atoms with E-state index in [-0.39, 0.29) is 10.7 Å². The Balaban J connectivity index is 1.94. The molecule has 3 rings (SSSR count). The first kappa shape index (κ1) is 16.6. The van der Waals surface area contributed by atoms with Gasteiger partial charge in [-0.2, -0.15) is 0 Å². The van der Waals surface area contributed by atoms with E-state index in [0.717, 1.165) is 21.7 Å². The molecule has 0 saturated carbocycles. The highest BCUT2D eigenvalue weighted by molar-refractivity contribution is 6.53. The first-order chi connectivity index (χ1) is 11.4. The zero-order valence-corrected chi connectivity index (χ0v) is 14.6. The van der Waals surface area contributed by atoms with Gasteiger partial charge in [0.05, 0.1) is 5.69 Å². The van der Waals surface area contributed by atoms with Gasteiger partial charge in [0.15, 0.2) is 0 Å². The van der Waals surface area contributed by atoms with Gasteiger partial charge in [0, 0.05) is 10.7 Å². The van der Waals surface area contributed by atoms with Crippen molar-refractivity contribution in [2.24, 2.45) is 0 Å². The van der Waals surface area contributed by atoms with Crippen LogP contribution in [0.3, 0.4) is 0 Å². The second kappa shape index (κ2) is 6.30. The maximum absolute atomic E-state index is 12.7. The van der Waals surface area contributed by atoms with Crippen LogP contribution in [0.5, 0.6) is 0 Å². The molecular weight excluding hydrogens is 347 g/mol. The van der Waals surface area contributed by atoms with E-state index < -0.39 is 11.8 Å². The third-order valence-corrected chi connectivity index (χ3v) is 4.37. The Morgan fingerprint density at radius 1 is 0.917 bits per heavy atom. The fourth-order valence-electron chi connectivity index (χ4n) is 2.44. The number of benzene rings is 2. The molecule has 0 fully saturated rings. The van der Waals surface area contributed by atoms with E-state index in [9.17, 15) is 9.59 Å². The largest absolute Gasteiger partial charge is 0.349 e. The number of carbonyl (C=O) groups excluding carboxylic acids is 2. The standard InChI is InChI=1S/C18H14Cl2N2O2/c1-10-3-4-11(2)14(9-10)21-16-15(20)17(23)22(18(16)24)13-7-5-12(19)6-8-13/h3-9,21H,1-2H3. The number of rotatable bonds is 3. The van der Waals surface area contributed by atoms with Gasteiger partial charge < -0.3 is 5.32 Å². The summed E-state index contributed by atoms with van der Waals surface area (Å²) in [6, 6.07) is 12.2. The van der Waals surface area contributed by atoms with Crippen LogP contribution in [0.25, 0.3) is 0 Å². The summed E-state index contributed by atoms with van der Waals surface area (Å²) in [6.45, 7) is 3.86. The number of halogens is 2. The number of hydrogen-bond acceptors (Lipinski definition) is 3. The normalized spacial score (nSPS) is 14.6. The number of aryl methyl sites for hydroxylation is 2. The average Bonchev–Trinajstić information content (AvgIpc) is 2.76. The lowest BCUT2D eigenvalue weighted by Crippen LogP contribution is -2.32. The van der Waals surface area contributed by atoms with Gasteiger partial charge in [-0.3, -0.25) is 9.59 Å². The summed E-state index contributed by atoms with van der Waals surface area (Å²) in [6.07, 6.45) is 0. The summed E-state index contributed by atoms with van der Waals surface area (Å²) in [4.78, 5) is 26.1. The number of nitrogens with one attached hydrogen (secondary N) is 1. The second-order valence-corrected chi connectivity index (χ2v) is 6.37. The topological polar surface area (TPSA) is 49.4 Å².